The Morgan fingerprint density at radius 1 is 0.907 bits per heavy atom. The van der Waals surface area contributed by atoms with Gasteiger partial charge in [0.25, 0.3) is 5.91 Å². The van der Waals surface area contributed by atoms with Crippen LogP contribution in [0.3, 0.4) is 0 Å². The lowest BCUT2D eigenvalue weighted by atomic mass is 9.46. The first kappa shape index (κ1) is 37.9. The zero-order valence-corrected chi connectivity index (χ0v) is 29.7. The number of nitrogens with zero attached hydrogens (tertiary/aromatic N) is 3. The lowest BCUT2D eigenvalue weighted by Crippen LogP contribution is -2.79. The monoisotopic (exact) mass is 797 g/mol. The van der Waals surface area contributed by atoms with Gasteiger partial charge >= 0.3 is 19.8 Å². The molecule has 288 valence electrons. The molecule has 0 radical (unpaired) electrons. The van der Waals surface area contributed by atoms with Gasteiger partial charge < -0.3 is 29.3 Å². The van der Waals surface area contributed by atoms with Crippen molar-refractivity contribution < 1.29 is 70.1 Å². The first-order valence-corrected chi connectivity index (χ1v) is 18.7. The Balaban J connectivity index is 1.26. The van der Waals surface area contributed by atoms with E-state index in [4.69, 9.17) is 28.5 Å². The molecule has 3 saturated carbocycles. The minimum absolute atomic E-state index is 0.0447. The largest absolute Gasteiger partial charge is 0.483 e. The van der Waals surface area contributed by atoms with Crippen LogP contribution in [-0.2, 0) is 43.0 Å². The van der Waals surface area contributed by atoms with E-state index in [1.807, 2.05) is 12.1 Å². The molecule has 8 rings (SSSR count). The topological polar surface area (TPSA) is 193 Å². The Hall–Kier alpha value is -4.43. The van der Waals surface area contributed by atoms with Crippen LogP contribution >= 0.6 is 19.6 Å². The molecule has 1 aromatic heterocycles. The maximum atomic E-state index is 15.5. The van der Waals surface area contributed by atoms with Crippen molar-refractivity contribution >= 4 is 37.4 Å². The van der Waals surface area contributed by atoms with Gasteiger partial charge in [-0.15, -0.1) is 11.8 Å². The van der Waals surface area contributed by atoms with E-state index >= 15 is 4.39 Å². The zero-order chi connectivity index (χ0) is 38.4. The van der Waals surface area contributed by atoms with Gasteiger partial charge in [-0.2, -0.15) is 0 Å². The predicted molar refractivity (Wildman–Crippen MR) is 177 cm³/mol. The Kier molecular flexibility index (Phi) is 10.3. The number of aliphatic hydroxyl groups excluding tert-OH is 2. The maximum absolute atomic E-state index is 15.5. The van der Waals surface area contributed by atoms with E-state index in [2.05, 4.69) is 9.47 Å². The van der Waals surface area contributed by atoms with Gasteiger partial charge in [0.15, 0.2) is 17.3 Å². The highest BCUT2D eigenvalue weighted by Crippen LogP contribution is 2.66. The summed E-state index contributed by atoms with van der Waals surface area (Å²) >= 11 is 1.30. The molecule has 2 N–H and O–H groups in total. The van der Waals surface area contributed by atoms with Crippen molar-refractivity contribution in [2.24, 2.45) is 0 Å². The number of carbonyl (C=O) groups excluding carboxylic acids is 3. The van der Waals surface area contributed by atoms with Crippen LogP contribution in [0.15, 0.2) is 58.4 Å². The molecule has 16 nitrogen and oxygen atoms in total. The van der Waals surface area contributed by atoms with Gasteiger partial charge in [-0.25, -0.2) is 40.9 Å². The van der Waals surface area contributed by atoms with Crippen molar-refractivity contribution in [1.29, 1.82) is 0 Å². The van der Waals surface area contributed by atoms with Crippen LogP contribution in [-0.4, -0.2) is 89.1 Å². The Morgan fingerprint density at radius 3 is 2.20 bits per heavy atom. The fourth-order valence-electron chi connectivity index (χ4n) is 7.09. The smallest absolute Gasteiger partial charge is 0.460 e. The molecule has 3 fully saturated rings. The molecule has 0 saturated heterocycles. The fraction of sp³-hybridized carbons (Fsp3) is 0.394. The average molecular weight is 798 g/mol. The van der Waals surface area contributed by atoms with Gasteiger partial charge in [-0.05, 0) is 23.3 Å². The minimum atomic E-state index is -4.87. The second kappa shape index (κ2) is 14.7. The number of phosphoric ester groups is 1. The van der Waals surface area contributed by atoms with Gasteiger partial charge in [0.2, 0.25) is 31.6 Å². The number of amides is 1. The molecule has 3 aromatic rings. The van der Waals surface area contributed by atoms with Gasteiger partial charge in [0, 0.05) is 47.7 Å². The van der Waals surface area contributed by atoms with E-state index in [1.54, 1.807) is 17.1 Å². The average Bonchev–Trinajstić information content (AvgIpc) is 3.29. The number of thioether (sulfide) groups is 1. The number of halogens is 3. The summed E-state index contributed by atoms with van der Waals surface area (Å²) in [6, 6.07) is 9.86. The summed E-state index contributed by atoms with van der Waals surface area (Å²) in [5.41, 5.74) is -2.38. The molecule has 0 unspecified atom stereocenters. The van der Waals surface area contributed by atoms with Crippen molar-refractivity contribution in [2.75, 3.05) is 45.3 Å². The summed E-state index contributed by atoms with van der Waals surface area (Å²) in [5.74, 6) is -5.66. The third-order valence-corrected chi connectivity index (χ3v) is 11.9. The van der Waals surface area contributed by atoms with Crippen LogP contribution in [0.1, 0.15) is 52.5 Å². The fourth-order valence-corrected chi connectivity index (χ4v) is 8.97. The van der Waals surface area contributed by atoms with E-state index in [-0.39, 0.29) is 42.9 Å². The van der Waals surface area contributed by atoms with Crippen molar-refractivity contribution in [3.05, 3.63) is 92.9 Å². The van der Waals surface area contributed by atoms with Crippen LogP contribution in [0.25, 0.3) is 0 Å². The lowest BCUT2D eigenvalue weighted by Gasteiger charge is -2.70. The quantitative estimate of drug-likeness (QED) is 0.137. The molecule has 2 aliphatic heterocycles. The summed E-state index contributed by atoms with van der Waals surface area (Å²) in [7, 11) is -4.87. The summed E-state index contributed by atoms with van der Waals surface area (Å²) in [4.78, 5) is 52.7. The normalized spacial score (nSPS) is 22.5. The van der Waals surface area contributed by atoms with E-state index in [0.29, 0.717) is 11.1 Å². The Bertz CT molecular complexity index is 2080. The number of phosphoric acid groups is 1. The number of benzene rings is 2. The summed E-state index contributed by atoms with van der Waals surface area (Å²) in [6.07, 6.45) is 1.44. The number of alkyl halides is 1. The van der Waals surface area contributed by atoms with E-state index in [1.165, 1.54) is 33.6 Å². The van der Waals surface area contributed by atoms with E-state index < -0.39 is 99.3 Å². The highest BCUT2D eigenvalue weighted by Gasteiger charge is 2.73. The van der Waals surface area contributed by atoms with Crippen LogP contribution in [0.2, 0.25) is 0 Å². The molecule has 5 aliphatic rings. The van der Waals surface area contributed by atoms with Crippen molar-refractivity contribution in [2.45, 2.75) is 47.2 Å². The first-order chi connectivity index (χ1) is 25.8. The van der Waals surface area contributed by atoms with Gasteiger partial charge in [-0.1, -0.05) is 24.3 Å². The third kappa shape index (κ3) is 6.87. The molecule has 54 heavy (non-hydrogen) atoms. The molecular formula is C33H31F3N3O13PS. The molecule has 2 bridgehead atoms. The number of rotatable bonds is 14. The summed E-state index contributed by atoms with van der Waals surface area (Å²) < 4.78 is 89.2. The number of hydrogen-bond donors (Lipinski definition) is 2. The second-order valence-electron chi connectivity index (χ2n) is 12.8. The molecule has 2 aromatic carbocycles. The number of esters is 2. The van der Waals surface area contributed by atoms with Crippen molar-refractivity contribution in [3.63, 3.8) is 0 Å². The molecule has 1 amide bonds. The maximum Gasteiger partial charge on any atom is 0.483 e. The predicted octanol–water partition coefficient (Wildman–Crippen LogP) is 3.00. The van der Waals surface area contributed by atoms with Crippen LogP contribution in [0.4, 0.5) is 13.2 Å². The van der Waals surface area contributed by atoms with Crippen LogP contribution in [0, 0.1) is 11.6 Å². The standard InChI is InChI=1S/C33H31F3N3O13PS/c34-22-6-5-19-21(27(22)35)11-54-24-4-2-1-3-20(24)28(19)39-15-37(33-12-32(36,13-33)14-33)31(45)29-30(23(42)7-8-38(29)39)49-18-52-53(46,50-16-47-25(43)9-40)51-17-48-26(44)10-41/h1-8,28,40-41H,9-18H2/t28-,32?,33?/m0/s1. The molecule has 21 heteroatoms. The summed E-state index contributed by atoms with van der Waals surface area (Å²) in [5, 5.41) is 19.4. The van der Waals surface area contributed by atoms with Gasteiger partial charge in [0.05, 0.1) is 11.6 Å². The van der Waals surface area contributed by atoms with E-state index in [0.717, 1.165) is 17.0 Å². The SMILES string of the molecule is O=C(CO)OCOP(=O)(OCOC(=O)CO)OCOc1c2n(ccc1=O)N([C@@H]1c3ccccc3SCc3c1ccc(F)c3F)CN(C13CC(F)(C1)C3)C2=O. The number of aromatic nitrogens is 1. The summed E-state index contributed by atoms with van der Waals surface area (Å²) in [6.45, 7) is -5.53. The van der Waals surface area contributed by atoms with Crippen molar-refractivity contribution in [3.8, 4) is 5.75 Å². The van der Waals surface area contributed by atoms with Gasteiger partial charge in [-0.3, -0.25) is 19.3 Å². The number of aliphatic hydroxyl groups is 2. The number of pyridine rings is 1. The highest BCUT2D eigenvalue weighted by molar-refractivity contribution is 7.98. The molecule has 0 spiro atoms. The molecule has 3 aliphatic carbocycles. The molecule has 1 atom stereocenters. The number of carbonyl (C=O) groups is 3. The van der Waals surface area contributed by atoms with Crippen LogP contribution in [0.5, 0.6) is 5.75 Å². The lowest BCUT2D eigenvalue weighted by molar-refractivity contribution is -0.214. The van der Waals surface area contributed by atoms with Gasteiger partial charge in [0.1, 0.15) is 25.6 Å². The number of ether oxygens (including phenoxy) is 3. The van der Waals surface area contributed by atoms with E-state index in [9.17, 15) is 32.5 Å². The highest BCUT2D eigenvalue weighted by atomic mass is 32.2. The number of fused-ring (bicyclic) bond motifs is 3. The molecule has 3 heterocycles. The third-order valence-electron chi connectivity index (χ3n) is 9.50. The zero-order valence-electron chi connectivity index (χ0n) is 28.0. The Labute approximate surface area is 307 Å². The first-order valence-electron chi connectivity index (χ1n) is 16.2. The van der Waals surface area contributed by atoms with Crippen LogP contribution < -0.4 is 15.2 Å². The van der Waals surface area contributed by atoms with Crippen molar-refractivity contribution in [1.82, 2.24) is 9.58 Å². The number of hydrogen-bond acceptors (Lipinski definition) is 15. The molecular weight excluding hydrogens is 766 g/mol. The second-order valence-corrected chi connectivity index (χ2v) is 15.4. The Morgan fingerprint density at radius 2 is 1.56 bits per heavy atom. The minimum Gasteiger partial charge on any atom is -0.460 e.